The minimum absolute atomic E-state index is 0.206. The van der Waals surface area contributed by atoms with Crippen LogP contribution in [0.5, 0.6) is 0 Å². The van der Waals surface area contributed by atoms with E-state index in [1.165, 1.54) is 12.8 Å². The van der Waals surface area contributed by atoms with Crippen LogP contribution < -0.4 is 5.32 Å². The standard InChI is InChI=1S/C18H17BrN4O3/c1-10(11-2-3-11)23-15(6-7-20-23)21-16(24)9-22-17(25)13-5-4-12(19)8-14(13)18(22)26/h4-8,10-11H,2-3,9H2,1H3,(H,21,24). The molecule has 134 valence electrons. The van der Waals surface area contributed by atoms with Gasteiger partial charge in [-0.15, -0.1) is 0 Å². The van der Waals surface area contributed by atoms with Crippen LogP contribution in [0.4, 0.5) is 5.82 Å². The number of fused-ring (bicyclic) bond motifs is 1. The predicted molar refractivity (Wildman–Crippen MR) is 97.8 cm³/mol. The zero-order valence-corrected chi connectivity index (χ0v) is 15.7. The van der Waals surface area contributed by atoms with Gasteiger partial charge < -0.3 is 5.32 Å². The van der Waals surface area contributed by atoms with E-state index in [0.717, 1.165) is 4.90 Å². The van der Waals surface area contributed by atoms with E-state index < -0.39 is 17.7 Å². The van der Waals surface area contributed by atoms with Crippen LogP contribution in [0, 0.1) is 5.92 Å². The lowest BCUT2D eigenvalue weighted by molar-refractivity contribution is -0.116. The number of imide groups is 1. The molecule has 1 aromatic carbocycles. The van der Waals surface area contributed by atoms with Gasteiger partial charge in [0.1, 0.15) is 12.4 Å². The Balaban J connectivity index is 1.47. The van der Waals surface area contributed by atoms with Crippen molar-refractivity contribution in [1.29, 1.82) is 0 Å². The minimum Gasteiger partial charge on any atom is -0.309 e. The quantitative estimate of drug-likeness (QED) is 0.759. The van der Waals surface area contributed by atoms with E-state index in [2.05, 4.69) is 33.3 Å². The average molecular weight is 417 g/mol. The Morgan fingerprint density at radius 2 is 2.00 bits per heavy atom. The molecule has 1 N–H and O–H groups in total. The van der Waals surface area contributed by atoms with Crippen molar-refractivity contribution in [3.63, 3.8) is 0 Å². The largest absolute Gasteiger partial charge is 0.309 e. The maximum atomic E-state index is 12.5. The number of hydrogen-bond donors (Lipinski definition) is 1. The van der Waals surface area contributed by atoms with Crippen molar-refractivity contribution in [1.82, 2.24) is 14.7 Å². The molecule has 2 heterocycles. The number of benzene rings is 1. The summed E-state index contributed by atoms with van der Waals surface area (Å²) in [6.45, 7) is 1.75. The fourth-order valence-electron chi connectivity index (χ4n) is 3.25. The van der Waals surface area contributed by atoms with Crippen molar-refractivity contribution >= 4 is 39.5 Å². The topological polar surface area (TPSA) is 84.3 Å². The molecule has 1 aliphatic heterocycles. The van der Waals surface area contributed by atoms with Crippen molar-refractivity contribution in [2.75, 3.05) is 11.9 Å². The number of aromatic nitrogens is 2. The number of amides is 3. The fourth-order valence-corrected chi connectivity index (χ4v) is 3.61. The number of hydrogen-bond acceptors (Lipinski definition) is 4. The van der Waals surface area contributed by atoms with Gasteiger partial charge in [0.15, 0.2) is 0 Å². The van der Waals surface area contributed by atoms with E-state index in [1.807, 2.05) is 0 Å². The molecular formula is C18H17BrN4O3. The van der Waals surface area contributed by atoms with Crippen molar-refractivity contribution in [2.24, 2.45) is 5.92 Å². The van der Waals surface area contributed by atoms with Crippen molar-refractivity contribution in [2.45, 2.75) is 25.8 Å². The van der Waals surface area contributed by atoms with Gasteiger partial charge in [-0.1, -0.05) is 15.9 Å². The lowest BCUT2D eigenvalue weighted by Crippen LogP contribution is -2.37. The average Bonchev–Trinajstić information content (AvgIpc) is 3.33. The van der Waals surface area contributed by atoms with Crippen molar-refractivity contribution in [3.05, 3.63) is 46.1 Å². The molecule has 1 fully saturated rings. The molecule has 2 aromatic rings. The Kier molecular flexibility index (Phi) is 4.14. The molecule has 0 spiro atoms. The fraction of sp³-hybridized carbons (Fsp3) is 0.333. The molecule has 0 saturated heterocycles. The third kappa shape index (κ3) is 2.94. The molecule has 1 unspecified atom stereocenters. The molecule has 26 heavy (non-hydrogen) atoms. The molecule has 1 aliphatic carbocycles. The van der Waals surface area contributed by atoms with Crippen LogP contribution in [-0.4, -0.2) is 38.9 Å². The second-order valence-electron chi connectivity index (χ2n) is 6.67. The first-order chi connectivity index (χ1) is 12.5. The summed E-state index contributed by atoms with van der Waals surface area (Å²) in [5, 5.41) is 7.05. The Labute approximate surface area is 158 Å². The first kappa shape index (κ1) is 17.0. The summed E-state index contributed by atoms with van der Waals surface area (Å²) >= 11 is 3.29. The summed E-state index contributed by atoms with van der Waals surface area (Å²) in [7, 11) is 0. The number of halogens is 1. The normalized spacial score (nSPS) is 17.4. The lowest BCUT2D eigenvalue weighted by atomic mass is 10.1. The second kappa shape index (κ2) is 6.35. The summed E-state index contributed by atoms with van der Waals surface area (Å²) in [6.07, 6.45) is 3.96. The van der Waals surface area contributed by atoms with Crippen LogP contribution in [-0.2, 0) is 4.79 Å². The highest BCUT2D eigenvalue weighted by atomic mass is 79.9. The zero-order valence-electron chi connectivity index (χ0n) is 14.1. The van der Waals surface area contributed by atoms with Gasteiger partial charge in [-0.2, -0.15) is 5.10 Å². The van der Waals surface area contributed by atoms with E-state index in [9.17, 15) is 14.4 Å². The smallest absolute Gasteiger partial charge is 0.262 e. The highest BCUT2D eigenvalue weighted by Crippen LogP contribution is 2.40. The Morgan fingerprint density at radius 3 is 2.73 bits per heavy atom. The van der Waals surface area contributed by atoms with Crippen LogP contribution >= 0.6 is 15.9 Å². The highest BCUT2D eigenvalue weighted by molar-refractivity contribution is 9.10. The molecule has 0 radical (unpaired) electrons. The van der Waals surface area contributed by atoms with Crippen molar-refractivity contribution in [3.8, 4) is 0 Å². The van der Waals surface area contributed by atoms with E-state index in [4.69, 9.17) is 0 Å². The SMILES string of the molecule is CC(C1CC1)n1nccc1NC(=O)CN1C(=O)c2ccc(Br)cc2C1=O. The molecule has 3 amide bonds. The first-order valence-electron chi connectivity index (χ1n) is 8.45. The Morgan fingerprint density at radius 1 is 1.27 bits per heavy atom. The number of nitrogens with zero attached hydrogens (tertiary/aromatic N) is 3. The summed E-state index contributed by atoms with van der Waals surface area (Å²) in [6, 6.07) is 6.81. The van der Waals surface area contributed by atoms with E-state index in [0.29, 0.717) is 27.3 Å². The lowest BCUT2D eigenvalue weighted by Gasteiger charge is -2.17. The van der Waals surface area contributed by atoms with Crippen molar-refractivity contribution < 1.29 is 14.4 Å². The summed E-state index contributed by atoms with van der Waals surface area (Å²) in [5.41, 5.74) is 0.628. The molecule has 7 nitrogen and oxygen atoms in total. The van der Waals surface area contributed by atoms with Gasteiger partial charge in [-0.25, -0.2) is 4.68 Å². The molecular weight excluding hydrogens is 400 g/mol. The van der Waals surface area contributed by atoms with Gasteiger partial charge >= 0.3 is 0 Å². The van der Waals surface area contributed by atoms with Gasteiger partial charge in [0.25, 0.3) is 11.8 Å². The minimum atomic E-state index is -0.457. The van der Waals surface area contributed by atoms with Crippen LogP contribution in [0.15, 0.2) is 34.9 Å². The number of anilines is 1. The second-order valence-corrected chi connectivity index (χ2v) is 7.59. The molecule has 1 atom stereocenters. The van der Waals surface area contributed by atoms with Crippen LogP contribution in [0.2, 0.25) is 0 Å². The Bertz CT molecular complexity index is 919. The van der Waals surface area contributed by atoms with Gasteiger partial charge in [0.05, 0.1) is 23.4 Å². The molecule has 2 aliphatic rings. The third-order valence-electron chi connectivity index (χ3n) is 4.86. The van der Waals surface area contributed by atoms with E-state index in [-0.39, 0.29) is 12.6 Å². The van der Waals surface area contributed by atoms with Gasteiger partial charge in [0.2, 0.25) is 5.91 Å². The van der Waals surface area contributed by atoms with E-state index >= 15 is 0 Å². The summed E-state index contributed by atoms with van der Waals surface area (Å²) in [4.78, 5) is 38.3. The molecule has 8 heteroatoms. The highest BCUT2D eigenvalue weighted by Gasteiger charge is 2.37. The first-order valence-corrected chi connectivity index (χ1v) is 9.24. The number of rotatable bonds is 5. The molecule has 1 aromatic heterocycles. The summed E-state index contributed by atoms with van der Waals surface area (Å²) in [5.74, 6) is -0.175. The van der Waals surface area contributed by atoms with Crippen LogP contribution in [0.25, 0.3) is 0 Å². The summed E-state index contributed by atoms with van der Waals surface area (Å²) < 4.78 is 2.50. The molecule has 4 rings (SSSR count). The van der Waals surface area contributed by atoms with Crippen LogP contribution in [0.1, 0.15) is 46.5 Å². The van der Waals surface area contributed by atoms with Crippen LogP contribution in [0.3, 0.4) is 0 Å². The number of carbonyl (C=O) groups is 3. The van der Waals surface area contributed by atoms with E-state index in [1.54, 1.807) is 35.1 Å². The predicted octanol–water partition coefficient (Wildman–Crippen LogP) is 2.85. The zero-order chi connectivity index (χ0) is 18.4. The number of carbonyl (C=O) groups excluding carboxylic acids is 3. The number of nitrogens with one attached hydrogen (secondary N) is 1. The Hall–Kier alpha value is -2.48. The van der Waals surface area contributed by atoms with Gasteiger partial charge in [-0.05, 0) is 43.9 Å². The van der Waals surface area contributed by atoms with Gasteiger partial charge in [-0.3, -0.25) is 19.3 Å². The monoisotopic (exact) mass is 416 g/mol. The molecule has 0 bridgehead atoms. The molecule has 1 saturated carbocycles. The maximum absolute atomic E-state index is 12.5. The maximum Gasteiger partial charge on any atom is 0.262 e. The van der Waals surface area contributed by atoms with Gasteiger partial charge in [0, 0.05) is 10.5 Å². The third-order valence-corrected chi connectivity index (χ3v) is 5.36.